The summed E-state index contributed by atoms with van der Waals surface area (Å²) < 4.78 is 0. The lowest BCUT2D eigenvalue weighted by molar-refractivity contribution is 0.590. The van der Waals surface area contributed by atoms with Crippen molar-refractivity contribution >= 4 is 0 Å². The summed E-state index contributed by atoms with van der Waals surface area (Å²) in [5.41, 5.74) is 46.3. The van der Waals surface area contributed by atoms with Crippen LogP contribution in [0.25, 0.3) is 190 Å². The molecule has 0 aliphatic heterocycles. The number of rotatable bonds is 17. The quantitative estimate of drug-likeness (QED) is 0.0912. The van der Waals surface area contributed by atoms with Crippen molar-refractivity contribution in [1.29, 1.82) is 0 Å². The molecule has 0 aliphatic carbocycles. The molecule has 0 amide bonds. The number of hydrogen-bond donors (Lipinski definition) is 0. The van der Waals surface area contributed by atoms with Crippen LogP contribution >= 0.6 is 0 Å². The smallest absolute Gasteiger partial charge is 0.0900 e. The van der Waals surface area contributed by atoms with Gasteiger partial charge in [-0.1, -0.05) is 372 Å². The predicted octanol–water partition coefficient (Wildman–Crippen LogP) is 38.6. The molecule has 0 radical (unpaired) electrons. The van der Waals surface area contributed by atoms with Crippen LogP contribution in [0.15, 0.2) is 382 Å². The number of aromatic nitrogens is 3. The van der Waals surface area contributed by atoms with Gasteiger partial charge in [-0.2, -0.15) is 0 Å². The Balaban J connectivity index is 0.957. The Labute approximate surface area is 835 Å². The van der Waals surface area contributed by atoms with Crippen molar-refractivity contribution in [2.24, 2.45) is 0 Å². The van der Waals surface area contributed by atoms with Gasteiger partial charge in [-0.3, -0.25) is 9.97 Å². The molecule has 0 fully saturated rings. The standard InChI is InChI=1S/C137H135N3/c1-130(2,3)118-47-31-88(32-48-118)96-65-97(89-33-49-119(50-34-89)131(4,5)6)70-104(69-96)108-77-109(105-71-98(90-35-51-120(52-36-90)132(7,8)9)66-99(72-105)91-37-53-121(54-38-91)133(10,11)12)80-112(79-108)114-83-115(85-116(84-114)117-86-128(126-29-25-27-63-138-126)140-129(87-117)127-30-26-28-64-139-127)113-81-110(106-73-100(92-39-55-122(56-40-92)134(13,14)15)67-101(74-106)93-41-57-123(58-42-93)135(16,17)18)78-111(82-113)107-75-102(94-43-59-124(60-44-94)136(19,20)21)68-103(76-107)95-45-61-125(62-46-95)137(22,23)24/h25-87H,1-24H3. The zero-order valence-electron chi connectivity index (χ0n) is 86.7. The molecule has 3 aromatic heterocycles. The highest BCUT2D eigenvalue weighted by molar-refractivity contribution is 5.95. The van der Waals surface area contributed by atoms with Crippen LogP contribution in [-0.4, -0.2) is 15.0 Å². The second-order valence-corrected chi connectivity index (χ2v) is 47.3. The Morgan fingerprint density at radius 3 is 0.336 bits per heavy atom. The summed E-state index contributed by atoms with van der Waals surface area (Å²) >= 11 is 0. The summed E-state index contributed by atoms with van der Waals surface area (Å²) in [4.78, 5) is 15.5. The molecular formula is C137H135N3. The third-order valence-electron chi connectivity index (χ3n) is 28.2. The van der Waals surface area contributed by atoms with E-state index in [4.69, 9.17) is 15.0 Å². The van der Waals surface area contributed by atoms with Crippen molar-refractivity contribution in [2.75, 3.05) is 0 Å². The minimum Gasteiger partial charge on any atom is -0.255 e. The highest BCUT2D eigenvalue weighted by Gasteiger charge is 2.27. The summed E-state index contributed by atoms with van der Waals surface area (Å²) in [5, 5.41) is 0. The summed E-state index contributed by atoms with van der Waals surface area (Å²) in [6.45, 7) is 55.2. The molecule has 0 atom stereocenters. The van der Waals surface area contributed by atoms with Gasteiger partial charge < -0.3 is 0 Å². The van der Waals surface area contributed by atoms with Crippen molar-refractivity contribution in [3.8, 4) is 190 Å². The van der Waals surface area contributed by atoms with Crippen molar-refractivity contribution in [3.05, 3.63) is 427 Å². The van der Waals surface area contributed by atoms with Gasteiger partial charge in [0, 0.05) is 12.4 Å². The van der Waals surface area contributed by atoms with Crippen molar-refractivity contribution in [3.63, 3.8) is 0 Å². The molecule has 0 unspecified atom stereocenters. The second-order valence-electron chi connectivity index (χ2n) is 47.3. The zero-order valence-corrected chi connectivity index (χ0v) is 86.7. The normalized spacial score (nSPS) is 12.4. The van der Waals surface area contributed by atoms with Crippen LogP contribution in [0, 0.1) is 0 Å². The van der Waals surface area contributed by atoms with E-state index in [-0.39, 0.29) is 43.3 Å². The minimum absolute atomic E-state index is 0.0341. The van der Waals surface area contributed by atoms with Crippen LogP contribution in [0.3, 0.4) is 0 Å². The topological polar surface area (TPSA) is 38.7 Å². The Hall–Kier alpha value is -14.3. The van der Waals surface area contributed by atoms with Crippen LogP contribution in [0.2, 0.25) is 0 Å². The fraction of sp³-hybridized carbons (Fsp3) is 0.234. The number of hydrogen-bond acceptors (Lipinski definition) is 3. The Morgan fingerprint density at radius 1 is 0.114 bits per heavy atom. The van der Waals surface area contributed by atoms with Gasteiger partial charge in [-0.25, -0.2) is 4.98 Å². The molecule has 3 heteroatoms. The van der Waals surface area contributed by atoms with Crippen LogP contribution in [0.4, 0.5) is 0 Å². The molecule has 0 saturated heterocycles. The highest BCUT2D eigenvalue weighted by atomic mass is 14.8. The lowest BCUT2D eigenvalue weighted by Gasteiger charge is -2.21. The lowest BCUT2D eigenvalue weighted by atomic mass is 9.84. The van der Waals surface area contributed by atoms with E-state index in [2.05, 4.69) is 512 Å². The molecule has 0 aliphatic rings. The Bertz CT molecular complexity index is 6450. The van der Waals surface area contributed by atoms with Crippen molar-refractivity contribution in [1.82, 2.24) is 15.0 Å². The van der Waals surface area contributed by atoms with Gasteiger partial charge in [0.2, 0.25) is 0 Å². The fourth-order valence-corrected chi connectivity index (χ4v) is 19.2. The molecule has 3 heterocycles. The van der Waals surface area contributed by atoms with E-state index in [0.717, 1.165) is 190 Å². The zero-order chi connectivity index (χ0) is 98.9. The van der Waals surface area contributed by atoms with E-state index in [1.54, 1.807) is 0 Å². The summed E-state index contributed by atoms with van der Waals surface area (Å²) in [6.07, 6.45) is 3.72. The molecule has 0 N–H and O–H groups in total. The molecule has 0 saturated carbocycles. The maximum Gasteiger partial charge on any atom is 0.0900 e. The van der Waals surface area contributed by atoms with Gasteiger partial charge in [-0.05, 0) is 419 Å². The van der Waals surface area contributed by atoms with E-state index in [1.807, 2.05) is 36.7 Å². The minimum atomic E-state index is -0.0341. The number of nitrogens with zero attached hydrogens (tertiary/aromatic N) is 3. The summed E-state index contributed by atoms with van der Waals surface area (Å²) in [6, 6.07) is 142. The molecule has 140 heavy (non-hydrogen) atoms. The molecule has 698 valence electrons. The third-order valence-corrected chi connectivity index (χ3v) is 28.2. The molecule has 18 rings (SSSR count). The maximum atomic E-state index is 5.47. The average Bonchev–Trinajstić information content (AvgIpc) is 0.757. The number of benzene rings is 15. The van der Waals surface area contributed by atoms with Gasteiger partial charge in [0.1, 0.15) is 0 Å². The van der Waals surface area contributed by atoms with Crippen LogP contribution in [0.1, 0.15) is 211 Å². The van der Waals surface area contributed by atoms with Crippen LogP contribution < -0.4 is 0 Å². The van der Waals surface area contributed by atoms with E-state index in [0.29, 0.717) is 0 Å². The summed E-state index contributed by atoms with van der Waals surface area (Å²) in [5.74, 6) is 0. The third kappa shape index (κ3) is 21.6. The van der Waals surface area contributed by atoms with E-state index in [9.17, 15) is 0 Å². The molecule has 15 aromatic carbocycles. The molecular weight excluding hydrogens is 1690 g/mol. The predicted molar refractivity (Wildman–Crippen MR) is 602 cm³/mol. The van der Waals surface area contributed by atoms with Gasteiger partial charge >= 0.3 is 0 Å². The van der Waals surface area contributed by atoms with Gasteiger partial charge in [0.15, 0.2) is 0 Å². The fourth-order valence-electron chi connectivity index (χ4n) is 19.2. The average molecular weight is 1820 g/mol. The van der Waals surface area contributed by atoms with Crippen molar-refractivity contribution in [2.45, 2.75) is 209 Å². The Kier molecular flexibility index (Phi) is 25.7. The largest absolute Gasteiger partial charge is 0.255 e. The van der Waals surface area contributed by atoms with E-state index >= 15 is 0 Å². The first-order chi connectivity index (χ1) is 66.3. The van der Waals surface area contributed by atoms with Gasteiger partial charge in [0.25, 0.3) is 0 Å². The monoisotopic (exact) mass is 1820 g/mol. The second kappa shape index (κ2) is 37.5. The first-order valence-electron chi connectivity index (χ1n) is 50.1. The molecule has 3 nitrogen and oxygen atoms in total. The number of pyridine rings is 3. The molecule has 18 aromatic rings. The maximum absolute atomic E-state index is 5.47. The van der Waals surface area contributed by atoms with E-state index in [1.165, 1.54) is 44.5 Å². The summed E-state index contributed by atoms with van der Waals surface area (Å²) in [7, 11) is 0. The van der Waals surface area contributed by atoms with Gasteiger partial charge in [-0.15, -0.1) is 0 Å². The first-order valence-corrected chi connectivity index (χ1v) is 50.1. The van der Waals surface area contributed by atoms with Gasteiger partial charge in [0.05, 0.1) is 22.8 Å². The van der Waals surface area contributed by atoms with Crippen LogP contribution in [0.5, 0.6) is 0 Å². The Morgan fingerprint density at radius 2 is 0.229 bits per heavy atom. The molecule has 0 bridgehead atoms. The van der Waals surface area contributed by atoms with Crippen molar-refractivity contribution < 1.29 is 0 Å². The molecule has 0 spiro atoms. The van der Waals surface area contributed by atoms with Crippen LogP contribution in [-0.2, 0) is 43.3 Å². The highest BCUT2D eigenvalue weighted by Crippen LogP contribution is 2.48. The first kappa shape index (κ1) is 96.0. The van der Waals surface area contributed by atoms with E-state index < -0.39 is 0 Å². The lowest BCUT2D eigenvalue weighted by Crippen LogP contribution is -2.10. The SMILES string of the molecule is CC(C)(C)c1ccc(-c2cc(-c3ccc(C(C)(C)C)cc3)cc(-c3cc(-c4cc(-c5ccc(C(C)(C)C)cc5)cc(-c5ccc(C(C)(C)C)cc5)c4)cc(-c4cc(-c5cc(-c6cc(-c7ccc(C(C)(C)C)cc7)cc(-c7ccc(C(C)(C)C)cc7)c6)cc(-c6cc(-c7ccc(C(C)(C)C)cc7)cc(-c7ccc(C(C)(C)C)cc7)c6)c5)cc(-c5cc(-c6ccccn6)nc(-c6ccccn6)c5)c4)c3)c2)cc1.